The van der Waals surface area contributed by atoms with Gasteiger partial charge in [-0.15, -0.1) is 0 Å². The molecule has 8 heteroatoms. The van der Waals surface area contributed by atoms with E-state index in [9.17, 15) is 13.6 Å². The Bertz CT molecular complexity index is 538. The first-order valence-corrected chi connectivity index (χ1v) is 8.15. The van der Waals surface area contributed by atoms with Gasteiger partial charge in [-0.3, -0.25) is 4.79 Å². The van der Waals surface area contributed by atoms with Crippen molar-refractivity contribution in [2.45, 2.75) is 69.4 Å². The van der Waals surface area contributed by atoms with E-state index in [1.807, 2.05) is 0 Å². The van der Waals surface area contributed by atoms with Crippen LogP contribution in [0.5, 0.6) is 0 Å². The smallest absolute Gasteiger partial charge is 0.327 e. The SMILES string of the molecule is O=C(Cc1noc(C(F)(F)CC2CCCO2)n1)NC1CCCC1. The molecule has 1 atom stereocenters. The van der Waals surface area contributed by atoms with Crippen LogP contribution in [0.2, 0.25) is 0 Å². The van der Waals surface area contributed by atoms with E-state index < -0.39 is 24.3 Å². The molecule has 0 radical (unpaired) electrons. The van der Waals surface area contributed by atoms with Gasteiger partial charge in [-0.2, -0.15) is 13.8 Å². The molecular weight excluding hydrogens is 308 g/mol. The zero-order valence-electron chi connectivity index (χ0n) is 12.9. The first-order chi connectivity index (χ1) is 11.0. The monoisotopic (exact) mass is 329 g/mol. The fourth-order valence-electron chi connectivity index (χ4n) is 3.15. The molecule has 1 aliphatic heterocycles. The van der Waals surface area contributed by atoms with Gasteiger partial charge in [0.15, 0.2) is 5.82 Å². The standard InChI is InChI=1S/C15H21F2N3O3/c16-15(17,9-11-6-3-7-22-11)14-19-12(20-23-14)8-13(21)18-10-4-1-2-5-10/h10-11H,1-9H2,(H,18,21). The number of alkyl halides is 2. The Kier molecular flexibility index (Phi) is 4.89. The number of halogens is 2. The second-order valence-electron chi connectivity index (χ2n) is 6.29. The van der Waals surface area contributed by atoms with Gasteiger partial charge in [0.1, 0.15) is 0 Å². The molecule has 23 heavy (non-hydrogen) atoms. The Morgan fingerprint density at radius 2 is 2.04 bits per heavy atom. The highest BCUT2D eigenvalue weighted by Crippen LogP contribution is 2.35. The van der Waals surface area contributed by atoms with Crippen molar-refractivity contribution in [1.29, 1.82) is 0 Å². The summed E-state index contributed by atoms with van der Waals surface area (Å²) in [6.07, 6.45) is 4.44. The van der Waals surface area contributed by atoms with Crippen molar-refractivity contribution in [2.24, 2.45) is 0 Å². The highest BCUT2D eigenvalue weighted by atomic mass is 19.3. The Morgan fingerprint density at radius 3 is 2.74 bits per heavy atom. The van der Waals surface area contributed by atoms with Crippen LogP contribution in [0.4, 0.5) is 8.78 Å². The zero-order chi connectivity index (χ0) is 16.3. The summed E-state index contributed by atoms with van der Waals surface area (Å²) in [4.78, 5) is 15.6. The molecule has 1 N–H and O–H groups in total. The molecule has 2 aliphatic rings. The first kappa shape index (κ1) is 16.3. The molecule has 0 bridgehead atoms. The van der Waals surface area contributed by atoms with Crippen molar-refractivity contribution in [3.05, 3.63) is 11.7 Å². The van der Waals surface area contributed by atoms with Crippen molar-refractivity contribution in [3.63, 3.8) is 0 Å². The van der Waals surface area contributed by atoms with E-state index in [1.54, 1.807) is 0 Å². The van der Waals surface area contributed by atoms with Gasteiger partial charge in [0.2, 0.25) is 5.91 Å². The molecular formula is C15H21F2N3O3. The number of hydrogen-bond donors (Lipinski definition) is 1. The maximum absolute atomic E-state index is 14.1. The fraction of sp³-hybridized carbons (Fsp3) is 0.800. The molecule has 2 fully saturated rings. The third kappa shape index (κ3) is 4.25. The van der Waals surface area contributed by atoms with Crippen LogP contribution in [-0.4, -0.2) is 34.8 Å². The van der Waals surface area contributed by atoms with Gasteiger partial charge in [-0.1, -0.05) is 18.0 Å². The number of ether oxygens (including phenoxy) is 1. The van der Waals surface area contributed by atoms with E-state index in [4.69, 9.17) is 4.74 Å². The van der Waals surface area contributed by atoms with Gasteiger partial charge in [-0.05, 0) is 25.7 Å². The third-order valence-electron chi connectivity index (χ3n) is 4.33. The van der Waals surface area contributed by atoms with Crippen LogP contribution in [0.15, 0.2) is 4.52 Å². The lowest BCUT2D eigenvalue weighted by Crippen LogP contribution is -2.34. The Hall–Kier alpha value is -1.57. The van der Waals surface area contributed by atoms with Crippen molar-refractivity contribution in [3.8, 4) is 0 Å². The quantitative estimate of drug-likeness (QED) is 0.867. The molecule has 1 aromatic rings. The van der Waals surface area contributed by atoms with Gasteiger partial charge >= 0.3 is 5.92 Å². The molecule has 1 unspecified atom stereocenters. The van der Waals surface area contributed by atoms with E-state index >= 15 is 0 Å². The summed E-state index contributed by atoms with van der Waals surface area (Å²) in [5.41, 5.74) is 0. The van der Waals surface area contributed by atoms with Gasteiger partial charge < -0.3 is 14.6 Å². The van der Waals surface area contributed by atoms with Gasteiger partial charge in [0.05, 0.1) is 12.5 Å². The minimum atomic E-state index is -3.23. The van der Waals surface area contributed by atoms with Crippen LogP contribution >= 0.6 is 0 Å². The van der Waals surface area contributed by atoms with Crippen molar-refractivity contribution in [2.75, 3.05) is 6.61 Å². The lowest BCUT2D eigenvalue weighted by atomic mass is 10.1. The number of rotatable bonds is 6. The third-order valence-corrected chi connectivity index (χ3v) is 4.33. The highest BCUT2D eigenvalue weighted by Gasteiger charge is 2.42. The molecule has 3 rings (SSSR count). The van der Waals surface area contributed by atoms with E-state index in [-0.39, 0.29) is 24.2 Å². The first-order valence-electron chi connectivity index (χ1n) is 8.15. The van der Waals surface area contributed by atoms with Crippen LogP contribution in [-0.2, 0) is 21.9 Å². The molecule has 2 heterocycles. The average Bonchev–Trinajstić information content (AvgIpc) is 3.19. The second kappa shape index (κ2) is 6.90. The van der Waals surface area contributed by atoms with Crippen LogP contribution in [0.3, 0.4) is 0 Å². The summed E-state index contributed by atoms with van der Waals surface area (Å²) in [6.45, 7) is 0.511. The van der Waals surface area contributed by atoms with Crippen molar-refractivity contribution < 1.29 is 22.8 Å². The van der Waals surface area contributed by atoms with Gasteiger partial charge in [0.25, 0.3) is 5.89 Å². The number of amides is 1. The fourth-order valence-corrected chi connectivity index (χ4v) is 3.15. The Balaban J connectivity index is 1.54. The van der Waals surface area contributed by atoms with Crippen molar-refractivity contribution in [1.82, 2.24) is 15.5 Å². The summed E-state index contributed by atoms with van der Waals surface area (Å²) in [6, 6.07) is 0.176. The molecule has 1 saturated carbocycles. The molecule has 0 spiro atoms. The van der Waals surface area contributed by atoms with Crippen LogP contribution < -0.4 is 5.32 Å². The molecule has 1 aromatic heterocycles. The van der Waals surface area contributed by atoms with E-state index in [0.717, 1.165) is 32.1 Å². The van der Waals surface area contributed by atoms with Crippen LogP contribution in [0, 0.1) is 0 Å². The Morgan fingerprint density at radius 1 is 1.26 bits per heavy atom. The minimum Gasteiger partial charge on any atom is -0.378 e. The second-order valence-corrected chi connectivity index (χ2v) is 6.29. The molecule has 1 saturated heterocycles. The minimum absolute atomic E-state index is 0.0116. The maximum Gasteiger partial charge on any atom is 0.327 e. The van der Waals surface area contributed by atoms with Crippen molar-refractivity contribution >= 4 is 5.91 Å². The van der Waals surface area contributed by atoms with Crippen LogP contribution in [0.1, 0.15) is 56.7 Å². The Labute approximate surface area is 133 Å². The summed E-state index contributed by atoms with van der Waals surface area (Å²) in [7, 11) is 0. The summed E-state index contributed by atoms with van der Waals surface area (Å²) < 4.78 is 38.1. The van der Waals surface area contributed by atoms with Gasteiger partial charge in [-0.25, -0.2) is 0 Å². The van der Waals surface area contributed by atoms with E-state index in [2.05, 4.69) is 20.0 Å². The predicted octanol–water partition coefficient (Wildman–Crippen LogP) is 2.33. The van der Waals surface area contributed by atoms with E-state index in [1.165, 1.54) is 0 Å². The number of aromatic nitrogens is 2. The average molecular weight is 329 g/mol. The molecule has 6 nitrogen and oxygen atoms in total. The number of nitrogens with zero attached hydrogens (tertiary/aromatic N) is 2. The van der Waals surface area contributed by atoms with Crippen LogP contribution in [0.25, 0.3) is 0 Å². The lowest BCUT2D eigenvalue weighted by molar-refractivity contribution is -0.121. The molecule has 0 aromatic carbocycles. The highest BCUT2D eigenvalue weighted by molar-refractivity contribution is 5.78. The maximum atomic E-state index is 14.1. The number of carbonyl (C=O) groups is 1. The summed E-state index contributed by atoms with van der Waals surface area (Å²) in [5, 5.41) is 6.37. The number of hydrogen-bond acceptors (Lipinski definition) is 5. The lowest BCUT2D eigenvalue weighted by Gasteiger charge is -2.15. The summed E-state index contributed by atoms with van der Waals surface area (Å²) in [5.74, 6) is -4.24. The number of carbonyl (C=O) groups excluding carboxylic acids is 1. The number of nitrogens with one attached hydrogen (secondary N) is 1. The van der Waals surface area contributed by atoms with Gasteiger partial charge in [0, 0.05) is 19.1 Å². The predicted molar refractivity (Wildman–Crippen MR) is 75.9 cm³/mol. The van der Waals surface area contributed by atoms with E-state index in [0.29, 0.717) is 13.0 Å². The molecule has 1 amide bonds. The largest absolute Gasteiger partial charge is 0.378 e. The normalized spacial score (nSPS) is 22.6. The molecule has 128 valence electrons. The molecule has 1 aliphatic carbocycles. The topological polar surface area (TPSA) is 77.2 Å². The zero-order valence-corrected chi connectivity index (χ0v) is 12.9. The summed E-state index contributed by atoms with van der Waals surface area (Å²) >= 11 is 0.